The number of hydrogen-bond donors (Lipinski definition) is 0. The molecule has 1 aromatic carbocycles. The van der Waals surface area contributed by atoms with Gasteiger partial charge in [0.05, 0.1) is 20.3 Å². The molecule has 3 aromatic rings. The molecule has 0 fully saturated rings. The normalized spacial score (nSPS) is 11.1. The van der Waals surface area contributed by atoms with Crippen molar-refractivity contribution in [2.45, 2.75) is 27.3 Å². The van der Waals surface area contributed by atoms with Gasteiger partial charge in [0.2, 0.25) is 5.95 Å². The maximum atomic E-state index is 13.9. The van der Waals surface area contributed by atoms with Gasteiger partial charge in [-0.1, -0.05) is 0 Å². The van der Waals surface area contributed by atoms with Crippen molar-refractivity contribution >= 4 is 34.5 Å². The summed E-state index contributed by atoms with van der Waals surface area (Å²) in [6.07, 6.45) is 0. The average Bonchev–Trinajstić information content (AvgIpc) is 3.17. The number of carbonyl (C=O) groups is 1. The van der Waals surface area contributed by atoms with E-state index < -0.39 is 5.97 Å². The minimum atomic E-state index is -0.583. The van der Waals surface area contributed by atoms with Crippen molar-refractivity contribution in [1.29, 1.82) is 0 Å². The first-order valence-corrected chi connectivity index (χ1v) is 10.5. The van der Waals surface area contributed by atoms with Gasteiger partial charge in [0.15, 0.2) is 11.5 Å². The second kappa shape index (κ2) is 9.90. The van der Waals surface area contributed by atoms with Crippen molar-refractivity contribution in [2.24, 2.45) is 0 Å². The molecule has 9 nitrogen and oxygen atoms in total. The quantitative estimate of drug-likeness (QED) is 0.367. The van der Waals surface area contributed by atoms with Gasteiger partial charge in [0.1, 0.15) is 16.9 Å². The fraction of sp³-hybridized carbons (Fsp3) is 0.455. The van der Waals surface area contributed by atoms with E-state index >= 15 is 0 Å². The molecule has 0 saturated heterocycles. The largest absolute Gasteiger partial charge is 0.464 e. The monoisotopic (exact) mass is 444 g/mol. The van der Waals surface area contributed by atoms with Crippen LogP contribution >= 0.6 is 0 Å². The summed E-state index contributed by atoms with van der Waals surface area (Å²) in [5.41, 5.74) is 2.33. The van der Waals surface area contributed by atoms with Gasteiger partial charge in [0, 0.05) is 32.9 Å². The molecule has 3 rings (SSSR count). The van der Waals surface area contributed by atoms with Gasteiger partial charge in [-0.15, -0.1) is 0 Å². The second-order valence-electron chi connectivity index (χ2n) is 7.31. The molecular weight excluding hydrogens is 415 g/mol. The van der Waals surface area contributed by atoms with E-state index in [9.17, 15) is 9.18 Å². The van der Waals surface area contributed by atoms with Gasteiger partial charge in [-0.3, -0.25) is 4.68 Å². The van der Waals surface area contributed by atoms with Crippen LogP contribution in [0.1, 0.15) is 29.9 Å². The van der Waals surface area contributed by atoms with Crippen LogP contribution in [0.4, 0.5) is 21.8 Å². The summed E-state index contributed by atoms with van der Waals surface area (Å²) in [6, 6.07) is 4.85. The lowest BCUT2D eigenvalue weighted by Crippen LogP contribution is -2.22. The molecule has 0 radical (unpaired) electrons. The zero-order chi connectivity index (χ0) is 23.4. The van der Waals surface area contributed by atoms with Crippen molar-refractivity contribution in [3.63, 3.8) is 0 Å². The lowest BCUT2D eigenvalue weighted by atomic mass is 10.2. The SMILES string of the molecule is CCOCCn1nc(C(=O)OC)c2nc(N(C)CC)nc(N(C)c3ccc(F)c(C)c3)c21. The van der Waals surface area contributed by atoms with Gasteiger partial charge in [-0.05, 0) is 44.5 Å². The number of benzene rings is 1. The third kappa shape index (κ3) is 4.50. The van der Waals surface area contributed by atoms with Crippen molar-refractivity contribution in [3.05, 3.63) is 35.3 Å². The third-order valence-corrected chi connectivity index (χ3v) is 5.25. The summed E-state index contributed by atoms with van der Waals surface area (Å²) in [7, 11) is 5.01. The molecule has 0 bridgehead atoms. The first-order valence-electron chi connectivity index (χ1n) is 10.5. The van der Waals surface area contributed by atoms with Crippen LogP contribution in [-0.4, -0.2) is 66.7 Å². The molecule has 0 spiro atoms. The number of hydrogen-bond acceptors (Lipinski definition) is 8. The van der Waals surface area contributed by atoms with Gasteiger partial charge in [-0.2, -0.15) is 10.1 Å². The summed E-state index contributed by atoms with van der Waals surface area (Å²) in [5.74, 6) is 0.113. The molecule has 0 amide bonds. The number of esters is 1. The highest BCUT2D eigenvalue weighted by atomic mass is 19.1. The number of nitrogens with zero attached hydrogens (tertiary/aromatic N) is 6. The van der Waals surface area contributed by atoms with Crippen LogP contribution in [0.2, 0.25) is 0 Å². The Hall–Kier alpha value is -3.27. The Kier molecular flexibility index (Phi) is 7.24. The average molecular weight is 445 g/mol. The minimum Gasteiger partial charge on any atom is -0.464 e. The topological polar surface area (TPSA) is 85.6 Å². The first kappa shape index (κ1) is 23.4. The van der Waals surface area contributed by atoms with Crippen LogP contribution in [0.3, 0.4) is 0 Å². The zero-order valence-electron chi connectivity index (χ0n) is 19.3. The summed E-state index contributed by atoms with van der Waals surface area (Å²) in [6.45, 7) is 7.63. The number of rotatable bonds is 9. The number of halogens is 1. The number of anilines is 3. The van der Waals surface area contributed by atoms with Gasteiger partial charge in [0.25, 0.3) is 0 Å². The molecule has 2 aromatic heterocycles. The van der Waals surface area contributed by atoms with Gasteiger partial charge < -0.3 is 19.3 Å². The Labute approximate surface area is 186 Å². The van der Waals surface area contributed by atoms with E-state index in [4.69, 9.17) is 14.5 Å². The first-order chi connectivity index (χ1) is 15.3. The van der Waals surface area contributed by atoms with Gasteiger partial charge >= 0.3 is 5.97 Å². The van der Waals surface area contributed by atoms with Crippen LogP contribution in [0, 0.1) is 12.7 Å². The van der Waals surface area contributed by atoms with E-state index in [2.05, 4.69) is 10.1 Å². The van der Waals surface area contributed by atoms with E-state index in [1.807, 2.05) is 37.7 Å². The minimum absolute atomic E-state index is 0.108. The molecular formula is C22H29FN6O3. The van der Waals surface area contributed by atoms with E-state index in [0.29, 0.717) is 54.7 Å². The van der Waals surface area contributed by atoms with Crippen molar-refractivity contribution in [1.82, 2.24) is 19.7 Å². The van der Waals surface area contributed by atoms with Crippen LogP contribution in [0.25, 0.3) is 11.0 Å². The molecule has 0 atom stereocenters. The molecule has 0 saturated carbocycles. The lowest BCUT2D eigenvalue weighted by Gasteiger charge is -2.23. The Balaban J connectivity index is 2.28. The second-order valence-corrected chi connectivity index (χ2v) is 7.31. The van der Waals surface area contributed by atoms with E-state index in [1.54, 1.807) is 23.7 Å². The standard InChI is InChI=1S/C22H29FN6O3/c1-7-27(4)22-24-17-18(21(30)31-6)26-29(11-12-32-8-2)19(17)20(25-22)28(5)15-9-10-16(23)14(3)13-15/h9-10,13H,7-8,11-12H2,1-6H3. The number of aromatic nitrogens is 4. The van der Waals surface area contributed by atoms with Crippen molar-refractivity contribution in [2.75, 3.05) is 50.8 Å². The number of fused-ring (bicyclic) bond motifs is 1. The Morgan fingerprint density at radius 3 is 2.59 bits per heavy atom. The maximum absolute atomic E-state index is 13.9. The molecule has 0 aliphatic rings. The van der Waals surface area contributed by atoms with Crippen LogP contribution in [0.5, 0.6) is 0 Å². The fourth-order valence-electron chi connectivity index (χ4n) is 3.25. The van der Waals surface area contributed by atoms with Crippen molar-refractivity contribution < 1.29 is 18.7 Å². The highest BCUT2D eigenvalue weighted by molar-refractivity contribution is 6.04. The fourth-order valence-corrected chi connectivity index (χ4v) is 3.25. The Bertz CT molecular complexity index is 1120. The van der Waals surface area contributed by atoms with Crippen molar-refractivity contribution in [3.8, 4) is 0 Å². The summed E-state index contributed by atoms with van der Waals surface area (Å²) in [4.78, 5) is 25.6. The highest BCUT2D eigenvalue weighted by Gasteiger charge is 2.26. The predicted molar refractivity (Wildman–Crippen MR) is 121 cm³/mol. The Morgan fingerprint density at radius 2 is 1.97 bits per heavy atom. The highest BCUT2D eigenvalue weighted by Crippen LogP contribution is 2.33. The molecule has 32 heavy (non-hydrogen) atoms. The molecule has 2 heterocycles. The predicted octanol–water partition coefficient (Wildman–Crippen LogP) is 3.32. The summed E-state index contributed by atoms with van der Waals surface area (Å²) >= 11 is 0. The van der Waals surface area contributed by atoms with E-state index in [0.717, 1.165) is 5.69 Å². The molecule has 172 valence electrons. The summed E-state index contributed by atoms with van der Waals surface area (Å²) in [5, 5.41) is 4.48. The molecule has 10 heteroatoms. The molecule has 0 aliphatic carbocycles. The zero-order valence-corrected chi connectivity index (χ0v) is 19.3. The molecule has 0 aliphatic heterocycles. The smallest absolute Gasteiger partial charge is 0.360 e. The third-order valence-electron chi connectivity index (χ3n) is 5.25. The summed E-state index contributed by atoms with van der Waals surface area (Å²) < 4.78 is 26.0. The molecule has 0 N–H and O–H groups in total. The number of aryl methyl sites for hydroxylation is 1. The number of carbonyl (C=O) groups excluding carboxylic acids is 1. The molecule has 0 unspecified atom stereocenters. The maximum Gasteiger partial charge on any atom is 0.360 e. The number of methoxy groups -OCH3 is 1. The van der Waals surface area contributed by atoms with E-state index in [1.165, 1.54) is 13.2 Å². The van der Waals surface area contributed by atoms with Crippen LogP contribution < -0.4 is 9.80 Å². The Morgan fingerprint density at radius 1 is 1.22 bits per heavy atom. The van der Waals surface area contributed by atoms with E-state index in [-0.39, 0.29) is 11.5 Å². The number of ether oxygens (including phenoxy) is 2. The lowest BCUT2D eigenvalue weighted by molar-refractivity contribution is 0.0594. The van der Waals surface area contributed by atoms with Gasteiger partial charge in [-0.25, -0.2) is 14.2 Å². The van der Waals surface area contributed by atoms with Crippen LogP contribution in [0.15, 0.2) is 18.2 Å². The van der Waals surface area contributed by atoms with Crippen LogP contribution in [-0.2, 0) is 16.0 Å².